The van der Waals surface area contributed by atoms with E-state index in [0.717, 1.165) is 11.3 Å². The van der Waals surface area contributed by atoms with Gasteiger partial charge >= 0.3 is 0 Å². The fourth-order valence-electron chi connectivity index (χ4n) is 1.98. The van der Waals surface area contributed by atoms with Crippen LogP contribution in [0.2, 0.25) is 0 Å². The first-order chi connectivity index (χ1) is 9.99. The van der Waals surface area contributed by atoms with Crippen LogP contribution in [0.5, 0.6) is 5.88 Å². The van der Waals surface area contributed by atoms with Crippen LogP contribution >= 0.6 is 0 Å². The zero-order chi connectivity index (χ0) is 15.4. The molecule has 2 rings (SSSR count). The molecule has 0 radical (unpaired) electrons. The summed E-state index contributed by atoms with van der Waals surface area (Å²) >= 11 is 0. The number of ether oxygens (including phenoxy) is 1. The Balaban J connectivity index is 2.18. The van der Waals surface area contributed by atoms with Gasteiger partial charge in [-0.2, -0.15) is 4.98 Å². The number of anilines is 1. The lowest BCUT2D eigenvalue weighted by Crippen LogP contribution is -2.11. The van der Waals surface area contributed by atoms with Crippen molar-refractivity contribution < 1.29 is 9.13 Å². The lowest BCUT2D eigenvalue weighted by atomic mass is 10.1. The predicted molar refractivity (Wildman–Crippen MR) is 81.1 cm³/mol. The molecular formula is C16H20FN3O. The minimum atomic E-state index is -0.207. The minimum absolute atomic E-state index is 0.101. The summed E-state index contributed by atoms with van der Waals surface area (Å²) in [7, 11) is 0. The van der Waals surface area contributed by atoms with Crippen molar-refractivity contribution in [2.24, 2.45) is 0 Å². The zero-order valence-electron chi connectivity index (χ0n) is 12.8. The van der Waals surface area contributed by atoms with Crippen molar-refractivity contribution in [3.8, 4) is 5.88 Å². The molecule has 1 atom stereocenters. The number of halogens is 1. The SMILES string of the molecule is CCOc1cc(C)nc(NC(C)c2ccc(C)c(F)c2)n1. The number of aromatic nitrogens is 2. The molecule has 0 saturated heterocycles. The van der Waals surface area contributed by atoms with Crippen molar-refractivity contribution in [3.05, 3.63) is 46.9 Å². The van der Waals surface area contributed by atoms with Gasteiger partial charge in [-0.05, 0) is 44.9 Å². The summed E-state index contributed by atoms with van der Waals surface area (Å²) in [5.74, 6) is 0.808. The van der Waals surface area contributed by atoms with Gasteiger partial charge in [0.25, 0.3) is 0 Å². The molecule has 1 aromatic carbocycles. The number of nitrogens with zero attached hydrogens (tertiary/aromatic N) is 2. The maximum absolute atomic E-state index is 13.6. The summed E-state index contributed by atoms with van der Waals surface area (Å²) < 4.78 is 19.0. The van der Waals surface area contributed by atoms with E-state index < -0.39 is 0 Å². The van der Waals surface area contributed by atoms with E-state index in [2.05, 4.69) is 15.3 Å². The second kappa shape index (κ2) is 6.52. The molecule has 0 aliphatic carbocycles. The smallest absolute Gasteiger partial charge is 0.226 e. The van der Waals surface area contributed by atoms with Gasteiger partial charge < -0.3 is 10.1 Å². The van der Waals surface area contributed by atoms with Crippen LogP contribution in [0.15, 0.2) is 24.3 Å². The Morgan fingerprint density at radius 2 is 2.00 bits per heavy atom. The Morgan fingerprint density at radius 1 is 1.24 bits per heavy atom. The van der Waals surface area contributed by atoms with E-state index >= 15 is 0 Å². The van der Waals surface area contributed by atoms with Crippen molar-refractivity contribution in [2.75, 3.05) is 11.9 Å². The van der Waals surface area contributed by atoms with Gasteiger partial charge in [0.15, 0.2) is 0 Å². The summed E-state index contributed by atoms with van der Waals surface area (Å²) in [5.41, 5.74) is 2.30. The Bertz CT molecular complexity index is 631. The number of nitrogens with one attached hydrogen (secondary N) is 1. The van der Waals surface area contributed by atoms with E-state index in [9.17, 15) is 4.39 Å². The van der Waals surface area contributed by atoms with Crippen LogP contribution in [0.4, 0.5) is 10.3 Å². The van der Waals surface area contributed by atoms with Crippen LogP contribution in [0.3, 0.4) is 0 Å². The van der Waals surface area contributed by atoms with Crippen LogP contribution in [0.1, 0.15) is 36.7 Å². The first-order valence-electron chi connectivity index (χ1n) is 7.00. The molecule has 0 aliphatic heterocycles. The van der Waals surface area contributed by atoms with Crippen LogP contribution in [0.25, 0.3) is 0 Å². The van der Waals surface area contributed by atoms with Gasteiger partial charge in [0, 0.05) is 11.8 Å². The first-order valence-corrected chi connectivity index (χ1v) is 7.00. The Kier molecular flexibility index (Phi) is 4.73. The molecule has 112 valence electrons. The maximum Gasteiger partial charge on any atom is 0.226 e. The molecule has 1 heterocycles. The Morgan fingerprint density at radius 3 is 2.67 bits per heavy atom. The number of benzene rings is 1. The number of aryl methyl sites for hydroxylation is 2. The number of hydrogen-bond acceptors (Lipinski definition) is 4. The average molecular weight is 289 g/mol. The van der Waals surface area contributed by atoms with E-state index in [-0.39, 0.29) is 11.9 Å². The van der Waals surface area contributed by atoms with Crippen molar-refractivity contribution in [1.82, 2.24) is 9.97 Å². The lowest BCUT2D eigenvalue weighted by Gasteiger charge is -2.16. The van der Waals surface area contributed by atoms with Crippen LogP contribution < -0.4 is 10.1 Å². The Hall–Kier alpha value is -2.17. The van der Waals surface area contributed by atoms with Gasteiger partial charge in [-0.25, -0.2) is 9.37 Å². The highest BCUT2D eigenvalue weighted by molar-refractivity contribution is 5.36. The molecule has 0 saturated carbocycles. The summed E-state index contributed by atoms with van der Waals surface area (Å²) in [6.07, 6.45) is 0. The molecule has 0 fully saturated rings. The predicted octanol–water partition coefficient (Wildman–Crippen LogP) is 3.80. The van der Waals surface area contributed by atoms with Gasteiger partial charge in [-0.15, -0.1) is 0 Å². The molecule has 1 N–H and O–H groups in total. The molecule has 4 nitrogen and oxygen atoms in total. The van der Waals surface area contributed by atoms with Crippen molar-refractivity contribution in [2.45, 2.75) is 33.7 Å². The highest BCUT2D eigenvalue weighted by atomic mass is 19.1. The van der Waals surface area contributed by atoms with E-state index in [0.29, 0.717) is 24.0 Å². The van der Waals surface area contributed by atoms with E-state index in [1.165, 1.54) is 6.07 Å². The molecule has 21 heavy (non-hydrogen) atoms. The van der Waals surface area contributed by atoms with E-state index in [4.69, 9.17) is 4.74 Å². The normalized spacial score (nSPS) is 12.0. The van der Waals surface area contributed by atoms with E-state index in [1.807, 2.05) is 26.8 Å². The summed E-state index contributed by atoms with van der Waals surface area (Å²) in [6.45, 7) is 8.02. The monoisotopic (exact) mass is 289 g/mol. The van der Waals surface area contributed by atoms with Gasteiger partial charge in [0.1, 0.15) is 5.82 Å². The third-order valence-electron chi connectivity index (χ3n) is 3.16. The van der Waals surface area contributed by atoms with E-state index in [1.54, 1.807) is 19.1 Å². The van der Waals surface area contributed by atoms with Crippen molar-refractivity contribution in [3.63, 3.8) is 0 Å². The second-order valence-electron chi connectivity index (χ2n) is 4.98. The quantitative estimate of drug-likeness (QED) is 0.909. The lowest BCUT2D eigenvalue weighted by molar-refractivity contribution is 0.326. The zero-order valence-corrected chi connectivity index (χ0v) is 12.8. The molecular weight excluding hydrogens is 269 g/mol. The summed E-state index contributed by atoms with van der Waals surface area (Å²) in [5, 5.41) is 3.18. The minimum Gasteiger partial charge on any atom is -0.478 e. The topological polar surface area (TPSA) is 47.0 Å². The summed E-state index contributed by atoms with van der Waals surface area (Å²) in [4.78, 5) is 8.62. The molecule has 0 bridgehead atoms. The van der Waals surface area contributed by atoms with Crippen LogP contribution in [-0.2, 0) is 0 Å². The number of rotatable bonds is 5. The Labute approximate surface area is 124 Å². The van der Waals surface area contributed by atoms with Crippen LogP contribution in [-0.4, -0.2) is 16.6 Å². The largest absolute Gasteiger partial charge is 0.478 e. The van der Waals surface area contributed by atoms with Crippen LogP contribution in [0, 0.1) is 19.7 Å². The van der Waals surface area contributed by atoms with Gasteiger partial charge in [-0.3, -0.25) is 0 Å². The first kappa shape index (κ1) is 15.2. The standard InChI is InChI=1S/C16H20FN3O/c1-5-21-15-8-11(3)18-16(20-15)19-12(4)13-7-6-10(2)14(17)9-13/h6-9,12H,5H2,1-4H3,(H,18,19,20). The highest BCUT2D eigenvalue weighted by Crippen LogP contribution is 2.21. The fraction of sp³-hybridized carbons (Fsp3) is 0.375. The molecule has 0 amide bonds. The molecule has 0 aliphatic rings. The maximum atomic E-state index is 13.6. The average Bonchev–Trinajstić information content (AvgIpc) is 2.41. The van der Waals surface area contributed by atoms with Gasteiger partial charge in [-0.1, -0.05) is 12.1 Å². The third-order valence-corrected chi connectivity index (χ3v) is 3.16. The van der Waals surface area contributed by atoms with Crippen molar-refractivity contribution in [1.29, 1.82) is 0 Å². The molecule has 1 aromatic heterocycles. The summed E-state index contributed by atoms with van der Waals surface area (Å²) in [6, 6.07) is 6.88. The molecule has 5 heteroatoms. The molecule has 1 unspecified atom stereocenters. The second-order valence-corrected chi connectivity index (χ2v) is 4.98. The fourth-order valence-corrected chi connectivity index (χ4v) is 1.98. The number of hydrogen-bond donors (Lipinski definition) is 1. The molecule has 0 spiro atoms. The molecule has 2 aromatic rings. The highest BCUT2D eigenvalue weighted by Gasteiger charge is 2.10. The van der Waals surface area contributed by atoms with Gasteiger partial charge in [0.2, 0.25) is 11.8 Å². The van der Waals surface area contributed by atoms with Crippen molar-refractivity contribution >= 4 is 5.95 Å². The van der Waals surface area contributed by atoms with Gasteiger partial charge in [0.05, 0.1) is 12.6 Å². The third kappa shape index (κ3) is 3.90.